The lowest BCUT2D eigenvalue weighted by Gasteiger charge is -2.35. The molecular formula is C27H24N4O2. The first-order chi connectivity index (χ1) is 16.2. The van der Waals surface area contributed by atoms with Gasteiger partial charge in [-0.2, -0.15) is 4.98 Å². The zero-order valence-electron chi connectivity index (χ0n) is 18.5. The Bertz CT molecular complexity index is 1290. The zero-order valence-corrected chi connectivity index (χ0v) is 18.5. The average Bonchev–Trinajstić information content (AvgIpc) is 3.35. The SMILES string of the molecule is CCc1ccc(-c2noc(C3=C(C)N(c4ccccc4)C(=O)NC3c3ccccc3)n2)cc1. The number of hydrogen-bond donors (Lipinski definition) is 1. The summed E-state index contributed by atoms with van der Waals surface area (Å²) in [5.41, 5.74) is 5.37. The van der Waals surface area contributed by atoms with E-state index in [0.29, 0.717) is 11.7 Å². The van der Waals surface area contributed by atoms with Gasteiger partial charge in [-0.15, -0.1) is 0 Å². The molecule has 1 N–H and O–H groups in total. The van der Waals surface area contributed by atoms with Crippen molar-refractivity contribution >= 4 is 17.3 Å². The number of nitrogens with zero attached hydrogens (tertiary/aromatic N) is 3. The maximum absolute atomic E-state index is 13.2. The van der Waals surface area contributed by atoms with Gasteiger partial charge in [0.15, 0.2) is 0 Å². The van der Waals surface area contributed by atoms with E-state index in [1.54, 1.807) is 4.90 Å². The lowest BCUT2D eigenvalue weighted by molar-refractivity contribution is 0.244. The van der Waals surface area contributed by atoms with Gasteiger partial charge in [0.25, 0.3) is 5.89 Å². The standard InChI is InChI=1S/C27H24N4O2/c1-3-19-14-16-21(17-15-19)25-29-26(33-30-25)23-18(2)31(22-12-8-5-9-13-22)27(32)28-24(23)20-10-6-4-7-11-20/h4-17,24H,3H2,1-2H3,(H,28,32). The maximum Gasteiger partial charge on any atom is 0.326 e. The van der Waals surface area contributed by atoms with Crippen LogP contribution >= 0.6 is 0 Å². The van der Waals surface area contributed by atoms with Crippen LogP contribution in [0, 0.1) is 0 Å². The maximum atomic E-state index is 13.2. The molecule has 1 atom stereocenters. The first-order valence-corrected chi connectivity index (χ1v) is 11.0. The molecule has 0 saturated carbocycles. The van der Waals surface area contributed by atoms with Crippen LogP contribution in [0.2, 0.25) is 0 Å². The van der Waals surface area contributed by atoms with Crippen LogP contribution in [0.5, 0.6) is 0 Å². The summed E-state index contributed by atoms with van der Waals surface area (Å²) in [6.45, 7) is 4.03. The quantitative estimate of drug-likeness (QED) is 0.416. The summed E-state index contributed by atoms with van der Waals surface area (Å²) in [6, 6.07) is 26.9. The second-order valence-electron chi connectivity index (χ2n) is 7.94. The van der Waals surface area contributed by atoms with Gasteiger partial charge in [-0.05, 0) is 36.6 Å². The molecule has 2 heterocycles. The molecule has 1 aliphatic heterocycles. The van der Waals surface area contributed by atoms with E-state index in [0.717, 1.165) is 34.5 Å². The number of benzene rings is 3. The van der Waals surface area contributed by atoms with E-state index < -0.39 is 6.04 Å². The highest BCUT2D eigenvalue weighted by atomic mass is 16.5. The number of carbonyl (C=O) groups is 1. The monoisotopic (exact) mass is 436 g/mol. The molecule has 1 unspecified atom stereocenters. The Morgan fingerprint density at radius 1 is 0.939 bits per heavy atom. The third kappa shape index (κ3) is 3.91. The number of urea groups is 1. The van der Waals surface area contributed by atoms with Crippen molar-refractivity contribution in [3.05, 3.63) is 108 Å². The first kappa shape index (κ1) is 20.7. The Morgan fingerprint density at radius 2 is 1.61 bits per heavy atom. The van der Waals surface area contributed by atoms with Crippen LogP contribution in [-0.2, 0) is 6.42 Å². The normalized spacial score (nSPS) is 16.1. The Labute approximate surface area is 192 Å². The van der Waals surface area contributed by atoms with Crippen molar-refractivity contribution in [3.8, 4) is 11.4 Å². The van der Waals surface area contributed by atoms with E-state index in [-0.39, 0.29) is 6.03 Å². The van der Waals surface area contributed by atoms with Crippen LogP contribution in [-0.4, -0.2) is 16.2 Å². The molecule has 0 fully saturated rings. The van der Waals surface area contributed by atoms with Gasteiger partial charge in [-0.25, -0.2) is 4.79 Å². The van der Waals surface area contributed by atoms with E-state index >= 15 is 0 Å². The van der Waals surface area contributed by atoms with E-state index in [9.17, 15) is 4.79 Å². The third-order valence-electron chi connectivity index (χ3n) is 5.91. The molecule has 0 aliphatic carbocycles. The average molecular weight is 437 g/mol. The number of rotatable bonds is 5. The van der Waals surface area contributed by atoms with Crippen LogP contribution in [0.1, 0.15) is 36.9 Å². The van der Waals surface area contributed by atoms with Gasteiger partial charge in [0.2, 0.25) is 5.82 Å². The number of aryl methyl sites for hydroxylation is 1. The minimum atomic E-state index is -0.408. The smallest absolute Gasteiger partial charge is 0.326 e. The van der Waals surface area contributed by atoms with Gasteiger partial charge in [-0.1, -0.05) is 84.9 Å². The fraction of sp³-hybridized carbons (Fsp3) is 0.148. The Kier molecular flexibility index (Phi) is 5.48. The van der Waals surface area contributed by atoms with Crippen LogP contribution in [0.25, 0.3) is 17.0 Å². The van der Waals surface area contributed by atoms with E-state index in [2.05, 4.69) is 29.5 Å². The molecule has 1 aliphatic rings. The summed E-state index contributed by atoms with van der Waals surface area (Å²) in [5.74, 6) is 0.903. The number of anilines is 1. The molecule has 0 saturated heterocycles. The van der Waals surface area contributed by atoms with Crippen LogP contribution < -0.4 is 10.2 Å². The third-order valence-corrected chi connectivity index (χ3v) is 5.91. The van der Waals surface area contributed by atoms with Crippen molar-refractivity contribution in [2.45, 2.75) is 26.3 Å². The summed E-state index contributed by atoms with van der Waals surface area (Å²) < 4.78 is 5.76. The highest BCUT2D eigenvalue weighted by molar-refractivity contribution is 6.01. The number of hydrogen-bond acceptors (Lipinski definition) is 4. The fourth-order valence-electron chi connectivity index (χ4n) is 4.14. The predicted molar refractivity (Wildman–Crippen MR) is 128 cm³/mol. The number of para-hydroxylation sites is 1. The molecule has 2 amide bonds. The lowest BCUT2D eigenvalue weighted by atomic mass is 9.94. The Hall–Kier alpha value is -4.19. The van der Waals surface area contributed by atoms with E-state index in [1.807, 2.05) is 79.7 Å². The molecule has 4 aromatic rings. The zero-order chi connectivity index (χ0) is 22.8. The van der Waals surface area contributed by atoms with Crippen molar-refractivity contribution in [2.24, 2.45) is 0 Å². The van der Waals surface area contributed by atoms with Crippen molar-refractivity contribution in [1.82, 2.24) is 15.5 Å². The highest BCUT2D eigenvalue weighted by Gasteiger charge is 2.36. The summed E-state index contributed by atoms with van der Waals surface area (Å²) in [4.78, 5) is 19.5. The number of aromatic nitrogens is 2. The molecule has 0 radical (unpaired) electrons. The summed E-state index contributed by atoms with van der Waals surface area (Å²) >= 11 is 0. The molecular weight excluding hydrogens is 412 g/mol. The molecule has 6 nitrogen and oxygen atoms in total. The molecule has 5 rings (SSSR count). The first-order valence-electron chi connectivity index (χ1n) is 11.0. The number of nitrogens with one attached hydrogen (secondary N) is 1. The van der Waals surface area contributed by atoms with E-state index in [4.69, 9.17) is 9.51 Å². The second-order valence-corrected chi connectivity index (χ2v) is 7.94. The highest BCUT2D eigenvalue weighted by Crippen LogP contribution is 2.38. The van der Waals surface area contributed by atoms with E-state index in [1.165, 1.54) is 5.56 Å². The molecule has 33 heavy (non-hydrogen) atoms. The number of allylic oxidation sites excluding steroid dienone is 1. The minimum absolute atomic E-state index is 0.203. The summed E-state index contributed by atoms with van der Waals surface area (Å²) in [7, 11) is 0. The largest absolute Gasteiger partial charge is 0.334 e. The van der Waals surface area contributed by atoms with Gasteiger partial charge in [0, 0.05) is 11.3 Å². The van der Waals surface area contributed by atoms with Crippen molar-refractivity contribution in [3.63, 3.8) is 0 Å². The van der Waals surface area contributed by atoms with Gasteiger partial charge >= 0.3 is 6.03 Å². The molecule has 1 aromatic heterocycles. The van der Waals surface area contributed by atoms with Gasteiger partial charge < -0.3 is 9.84 Å². The topological polar surface area (TPSA) is 71.3 Å². The fourth-order valence-corrected chi connectivity index (χ4v) is 4.14. The summed E-state index contributed by atoms with van der Waals surface area (Å²) in [6.07, 6.45) is 0.970. The molecule has 0 bridgehead atoms. The summed E-state index contributed by atoms with van der Waals surface area (Å²) in [5, 5.41) is 7.37. The van der Waals surface area contributed by atoms with Gasteiger partial charge in [0.05, 0.1) is 17.3 Å². The molecule has 6 heteroatoms. The van der Waals surface area contributed by atoms with Gasteiger partial charge in [-0.3, -0.25) is 4.90 Å². The predicted octanol–water partition coefficient (Wildman–Crippen LogP) is 6.00. The van der Waals surface area contributed by atoms with Gasteiger partial charge in [0.1, 0.15) is 0 Å². The minimum Gasteiger partial charge on any atom is -0.334 e. The second kappa shape index (κ2) is 8.74. The Balaban J connectivity index is 1.62. The number of carbonyl (C=O) groups excluding carboxylic acids is 1. The Morgan fingerprint density at radius 3 is 2.27 bits per heavy atom. The van der Waals surface area contributed by atoms with Crippen molar-refractivity contribution in [1.29, 1.82) is 0 Å². The lowest BCUT2D eigenvalue weighted by Crippen LogP contribution is -2.46. The van der Waals surface area contributed by atoms with Crippen molar-refractivity contribution < 1.29 is 9.32 Å². The number of amides is 2. The molecule has 3 aromatic carbocycles. The van der Waals surface area contributed by atoms with Crippen molar-refractivity contribution in [2.75, 3.05) is 4.90 Å². The van der Waals surface area contributed by atoms with Crippen LogP contribution in [0.3, 0.4) is 0 Å². The molecule has 0 spiro atoms. The van der Waals surface area contributed by atoms with Crippen LogP contribution in [0.4, 0.5) is 10.5 Å². The molecule has 164 valence electrons. The van der Waals surface area contributed by atoms with Crippen LogP contribution in [0.15, 0.2) is 95.1 Å².